The van der Waals surface area contributed by atoms with Gasteiger partial charge >= 0.3 is 5.97 Å². The number of halogens is 1. The lowest BCUT2D eigenvalue weighted by Gasteiger charge is -2.10. The van der Waals surface area contributed by atoms with E-state index in [0.29, 0.717) is 22.9 Å². The molecule has 0 bridgehead atoms. The number of rotatable bonds is 7. The molecule has 0 fully saturated rings. The molecule has 0 aliphatic carbocycles. The molecule has 4 nitrogen and oxygen atoms in total. The van der Waals surface area contributed by atoms with Gasteiger partial charge in [-0.15, -0.1) is 0 Å². The quantitative estimate of drug-likeness (QED) is 0.618. The maximum Gasteiger partial charge on any atom is 0.344 e. The van der Waals surface area contributed by atoms with Crippen molar-refractivity contribution in [2.75, 3.05) is 13.2 Å². The minimum atomic E-state index is -0.592. The summed E-state index contributed by atoms with van der Waals surface area (Å²) in [6.45, 7) is 3.91. The van der Waals surface area contributed by atoms with Gasteiger partial charge in [0.15, 0.2) is 6.61 Å². The summed E-state index contributed by atoms with van der Waals surface area (Å²) in [5.74, 6) is -0.0115. The van der Waals surface area contributed by atoms with Crippen LogP contribution in [-0.4, -0.2) is 24.3 Å². The van der Waals surface area contributed by atoms with Gasteiger partial charge < -0.3 is 14.6 Å². The van der Waals surface area contributed by atoms with Crippen molar-refractivity contribution in [2.45, 2.75) is 32.8 Å². The molecule has 0 saturated heterocycles. The molecule has 0 saturated carbocycles. The van der Waals surface area contributed by atoms with Crippen LogP contribution in [0.15, 0.2) is 18.2 Å². The Morgan fingerprint density at radius 1 is 1.47 bits per heavy atom. The summed E-state index contributed by atoms with van der Waals surface area (Å²) in [6.07, 6.45) is 1.22. The first-order valence-electron chi connectivity index (χ1n) is 6.30. The minimum absolute atomic E-state index is 0.169. The van der Waals surface area contributed by atoms with Crippen molar-refractivity contribution in [1.29, 1.82) is 0 Å². The average molecular weight is 287 g/mol. The molecule has 1 aromatic carbocycles. The predicted octanol–water partition coefficient (Wildman–Crippen LogP) is 3.12. The van der Waals surface area contributed by atoms with Crippen LogP contribution in [0.5, 0.6) is 5.75 Å². The van der Waals surface area contributed by atoms with Crippen LogP contribution in [0.4, 0.5) is 0 Å². The van der Waals surface area contributed by atoms with Gasteiger partial charge in [0.25, 0.3) is 0 Å². The highest BCUT2D eigenvalue weighted by atomic mass is 35.5. The average Bonchev–Trinajstić information content (AvgIpc) is 2.37. The van der Waals surface area contributed by atoms with Gasteiger partial charge in [0.1, 0.15) is 5.75 Å². The molecule has 0 aliphatic heterocycles. The van der Waals surface area contributed by atoms with Crippen LogP contribution < -0.4 is 4.74 Å². The minimum Gasteiger partial charge on any atom is -0.480 e. The maximum absolute atomic E-state index is 11.3. The molecule has 1 atom stereocenters. The zero-order chi connectivity index (χ0) is 14.3. The lowest BCUT2D eigenvalue weighted by molar-refractivity contribution is -0.146. The highest BCUT2D eigenvalue weighted by Gasteiger charge is 2.09. The number of aliphatic hydroxyl groups excluding tert-OH is 1. The Morgan fingerprint density at radius 2 is 2.21 bits per heavy atom. The molecule has 1 unspecified atom stereocenters. The summed E-state index contributed by atoms with van der Waals surface area (Å²) in [7, 11) is 0. The van der Waals surface area contributed by atoms with Gasteiger partial charge in [-0.05, 0) is 31.0 Å². The summed E-state index contributed by atoms with van der Waals surface area (Å²) in [5, 5.41) is 9.76. The van der Waals surface area contributed by atoms with Gasteiger partial charge in [0, 0.05) is 0 Å². The summed E-state index contributed by atoms with van der Waals surface area (Å²) < 4.78 is 10.2. The second-order valence-electron chi connectivity index (χ2n) is 4.23. The van der Waals surface area contributed by atoms with Crippen molar-refractivity contribution >= 4 is 17.6 Å². The molecule has 0 aliphatic rings. The zero-order valence-electron chi connectivity index (χ0n) is 11.2. The van der Waals surface area contributed by atoms with Crippen LogP contribution in [0.25, 0.3) is 0 Å². The monoisotopic (exact) mass is 286 g/mol. The highest BCUT2D eigenvalue weighted by Crippen LogP contribution is 2.27. The molecule has 0 amide bonds. The van der Waals surface area contributed by atoms with Crippen molar-refractivity contribution in [3.63, 3.8) is 0 Å². The Labute approximate surface area is 118 Å². The summed E-state index contributed by atoms with van der Waals surface area (Å²) >= 11 is 6.00. The number of hydrogen-bond acceptors (Lipinski definition) is 4. The third kappa shape index (κ3) is 5.49. The van der Waals surface area contributed by atoms with E-state index in [1.807, 2.05) is 6.92 Å². The summed E-state index contributed by atoms with van der Waals surface area (Å²) in [4.78, 5) is 11.3. The predicted molar refractivity (Wildman–Crippen MR) is 73.4 cm³/mol. The van der Waals surface area contributed by atoms with Crippen molar-refractivity contribution in [3.8, 4) is 5.75 Å². The molecule has 0 radical (unpaired) electrons. The van der Waals surface area contributed by atoms with Crippen molar-refractivity contribution in [2.24, 2.45) is 0 Å². The second kappa shape index (κ2) is 8.02. The second-order valence-corrected chi connectivity index (χ2v) is 4.64. The first-order chi connectivity index (χ1) is 9.04. The van der Waals surface area contributed by atoms with E-state index < -0.39 is 12.1 Å². The van der Waals surface area contributed by atoms with E-state index in [1.165, 1.54) is 0 Å². The molecule has 0 spiro atoms. The van der Waals surface area contributed by atoms with Gasteiger partial charge in [-0.1, -0.05) is 31.0 Å². The maximum atomic E-state index is 11.3. The Kier molecular flexibility index (Phi) is 6.67. The molecule has 0 heterocycles. The number of unbranched alkanes of at least 4 members (excludes halogenated alkanes) is 1. The Bertz CT molecular complexity index is 418. The van der Waals surface area contributed by atoms with Gasteiger partial charge in [0.2, 0.25) is 0 Å². The first-order valence-corrected chi connectivity index (χ1v) is 6.68. The van der Waals surface area contributed by atoms with Crippen molar-refractivity contribution in [3.05, 3.63) is 28.8 Å². The van der Waals surface area contributed by atoms with Crippen LogP contribution in [0.2, 0.25) is 5.02 Å². The Morgan fingerprint density at radius 3 is 2.79 bits per heavy atom. The first kappa shape index (κ1) is 15.8. The SMILES string of the molecule is CCCCOC(=O)COc1ccc(C(C)O)cc1Cl. The number of benzene rings is 1. The van der Waals surface area contributed by atoms with E-state index in [2.05, 4.69) is 0 Å². The lowest BCUT2D eigenvalue weighted by Crippen LogP contribution is -2.15. The molecular formula is C14H19ClO4. The highest BCUT2D eigenvalue weighted by molar-refractivity contribution is 6.32. The smallest absolute Gasteiger partial charge is 0.344 e. The summed E-state index contributed by atoms with van der Waals surface area (Å²) in [5.41, 5.74) is 0.697. The van der Waals surface area contributed by atoms with Gasteiger partial charge in [-0.3, -0.25) is 0 Å². The number of carbonyl (C=O) groups is 1. The van der Waals surface area contributed by atoms with E-state index in [1.54, 1.807) is 25.1 Å². The molecular weight excluding hydrogens is 268 g/mol. The van der Waals surface area contributed by atoms with E-state index in [0.717, 1.165) is 12.8 Å². The topological polar surface area (TPSA) is 55.8 Å². The normalized spacial score (nSPS) is 12.0. The van der Waals surface area contributed by atoms with Crippen LogP contribution in [-0.2, 0) is 9.53 Å². The fraction of sp³-hybridized carbons (Fsp3) is 0.500. The molecule has 1 N–H and O–H groups in total. The molecule has 106 valence electrons. The number of ether oxygens (including phenoxy) is 2. The van der Waals surface area contributed by atoms with E-state index in [-0.39, 0.29) is 6.61 Å². The molecule has 1 rings (SSSR count). The number of aliphatic hydroxyl groups is 1. The standard InChI is InChI=1S/C14H19ClO4/c1-3-4-7-18-14(17)9-19-13-6-5-11(10(2)16)8-12(13)15/h5-6,8,10,16H,3-4,7,9H2,1-2H3. The Balaban J connectivity index is 2.47. The van der Waals surface area contributed by atoms with Crippen molar-refractivity contribution < 1.29 is 19.4 Å². The van der Waals surface area contributed by atoms with Gasteiger partial charge in [-0.2, -0.15) is 0 Å². The van der Waals surface area contributed by atoms with Crippen LogP contribution >= 0.6 is 11.6 Å². The van der Waals surface area contributed by atoms with E-state index >= 15 is 0 Å². The number of carbonyl (C=O) groups excluding carboxylic acids is 1. The molecule has 0 aromatic heterocycles. The van der Waals surface area contributed by atoms with Gasteiger partial charge in [-0.25, -0.2) is 4.79 Å². The van der Waals surface area contributed by atoms with E-state index in [4.69, 9.17) is 21.1 Å². The largest absolute Gasteiger partial charge is 0.480 e. The van der Waals surface area contributed by atoms with Crippen LogP contribution in [0.1, 0.15) is 38.4 Å². The fourth-order valence-electron chi connectivity index (χ4n) is 1.40. The molecule has 1 aromatic rings. The van der Waals surface area contributed by atoms with Crippen molar-refractivity contribution in [1.82, 2.24) is 0 Å². The third-order valence-corrected chi connectivity index (χ3v) is 2.84. The lowest BCUT2D eigenvalue weighted by atomic mass is 10.1. The third-order valence-electron chi connectivity index (χ3n) is 2.54. The van der Waals surface area contributed by atoms with Crippen LogP contribution in [0, 0.1) is 0 Å². The molecule has 19 heavy (non-hydrogen) atoms. The van der Waals surface area contributed by atoms with Gasteiger partial charge in [0.05, 0.1) is 17.7 Å². The van der Waals surface area contributed by atoms with Crippen LogP contribution in [0.3, 0.4) is 0 Å². The Hall–Kier alpha value is -1.26. The fourth-order valence-corrected chi connectivity index (χ4v) is 1.65. The van der Waals surface area contributed by atoms with E-state index in [9.17, 15) is 9.90 Å². The number of hydrogen-bond donors (Lipinski definition) is 1. The number of esters is 1. The zero-order valence-corrected chi connectivity index (χ0v) is 11.9. The summed E-state index contributed by atoms with van der Waals surface area (Å²) in [6, 6.07) is 4.95. The molecule has 5 heteroatoms.